The second-order valence-electron chi connectivity index (χ2n) is 4.90. The summed E-state index contributed by atoms with van der Waals surface area (Å²) in [6.07, 6.45) is 1.80. The van der Waals surface area contributed by atoms with Crippen LogP contribution in [0, 0.1) is 5.82 Å². The van der Waals surface area contributed by atoms with Crippen molar-refractivity contribution >= 4 is 11.6 Å². The predicted molar refractivity (Wildman–Crippen MR) is 82.6 cm³/mol. The average Bonchev–Trinajstić information content (AvgIpc) is 2.43. The van der Waals surface area contributed by atoms with Crippen molar-refractivity contribution in [1.29, 1.82) is 0 Å². The molecule has 1 unspecified atom stereocenters. The maximum absolute atomic E-state index is 13.3. The molecule has 0 fully saturated rings. The highest BCUT2D eigenvalue weighted by Crippen LogP contribution is 2.22. The van der Waals surface area contributed by atoms with E-state index >= 15 is 0 Å². The molecule has 2 aromatic carbocycles. The molecule has 3 heteroatoms. The summed E-state index contributed by atoms with van der Waals surface area (Å²) in [5.41, 5.74) is 2.12. The van der Waals surface area contributed by atoms with Crippen LogP contribution >= 0.6 is 11.6 Å². The van der Waals surface area contributed by atoms with Crippen molar-refractivity contribution in [1.82, 2.24) is 5.32 Å². The first-order chi connectivity index (χ1) is 9.69. The van der Waals surface area contributed by atoms with Crippen LogP contribution in [0.2, 0.25) is 5.02 Å². The highest BCUT2D eigenvalue weighted by atomic mass is 35.5. The van der Waals surface area contributed by atoms with E-state index in [1.165, 1.54) is 6.07 Å². The van der Waals surface area contributed by atoms with E-state index in [4.69, 9.17) is 11.6 Å². The zero-order valence-electron chi connectivity index (χ0n) is 11.6. The molecule has 0 bridgehead atoms. The Balaban J connectivity index is 2.19. The summed E-state index contributed by atoms with van der Waals surface area (Å²) in [5.74, 6) is -0.192. The third kappa shape index (κ3) is 4.32. The molecule has 0 saturated carbocycles. The number of benzene rings is 2. The molecule has 2 aromatic rings. The molecule has 0 amide bonds. The van der Waals surface area contributed by atoms with Gasteiger partial charge in [0.2, 0.25) is 0 Å². The van der Waals surface area contributed by atoms with Crippen LogP contribution in [-0.2, 0) is 6.42 Å². The molecule has 0 aliphatic heterocycles. The molecule has 0 aliphatic carbocycles. The Morgan fingerprint density at radius 3 is 2.65 bits per heavy atom. The first-order valence-corrected chi connectivity index (χ1v) is 7.30. The number of rotatable bonds is 6. The molecule has 0 aromatic heterocycles. The van der Waals surface area contributed by atoms with Gasteiger partial charge in [-0.05, 0) is 54.8 Å². The first-order valence-electron chi connectivity index (χ1n) is 6.92. The minimum absolute atomic E-state index is 0.149. The molecule has 1 N–H and O–H groups in total. The number of halogens is 2. The van der Waals surface area contributed by atoms with Crippen LogP contribution in [0.5, 0.6) is 0 Å². The Hall–Kier alpha value is -1.38. The van der Waals surface area contributed by atoms with Gasteiger partial charge in [0.25, 0.3) is 0 Å². The fourth-order valence-electron chi connectivity index (χ4n) is 2.25. The smallest absolute Gasteiger partial charge is 0.123 e. The van der Waals surface area contributed by atoms with Crippen molar-refractivity contribution in [2.24, 2.45) is 0 Å². The highest BCUT2D eigenvalue weighted by Gasteiger charge is 2.12. The third-order valence-corrected chi connectivity index (χ3v) is 3.46. The summed E-state index contributed by atoms with van der Waals surface area (Å²) < 4.78 is 13.3. The topological polar surface area (TPSA) is 12.0 Å². The maximum atomic E-state index is 13.3. The zero-order chi connectivity index (χ0) is 14.4. The molecule has 1 atom stereocenters. The fourth-order valence-corrected chi connectivity index (χ4v) is 2.45. The average molecular weight is 292 g/mol. The van der Waals surface area contributed by atoms with Gasteiger partial charge in [-0.1, -0.05) is 42.8 Å². The van der Waals surface area contributed by atoms with Gasteiger partial charge < -0.3 is 5.32 Å². The van der Waals surface area contributed by atoms with Gasteiger partial charge in [-0.2, -0.15) is 0 Å². The molecule has 0 aliphatic rings. The Kier molecular flexibility index (Phi) is 5.57. The van der Waals surface area contributed by atoms with Gasteiger partial charge >= 0.3 is 0 Å². The van der Waals surface area contributed by atoms with E-state index in [-0.39, 0.29) is 11.9 Å². The van der Waals surface area contributed by atoms with Crippen LogP contribution < -0.4 is 5.32 Å². The molecule has 0 heterocycles. The van der Waals surface area contributed by atoms with Crippen molar-refractivity contribution < 1.29 is 4.39 Å². The second kappa shape index (κ2) is 7.41. The van der Waals surface area contributed by atoms with E-state index in [2.05, 4.69) is 18.3 Å². The van der Waals surface area contributed by atoms with Gasteiger partial charge in [0.05, 0.1) is 0 Å². The molecule has 1 nitrogen and oxygen atoms in total. The molecule has 106 valence electrons. The van der Waals surface area contributed by atoms with E-state index in [9.17, 15) is 4.39 Å². The largest absolute Gasteiger partial charge is 0.310 e. The van der Waals surface area contributed by atoms with Gasteiger partial charge in [0, 0.05) is 11.1 Å². The van der Waals surface area contributed by atoms with Gasteiger partial charge in [0.1, 0.15) is 5.82 Å². The summed E-state index contributed by atoms with van der Waals surface area (Å²) in [6.45, 7) is 3.05. The van der Waals surface area contributed by atoms with Gasteiger partial charge in [-0.25, -0.2) is 4.39 Å². The quantitative estimate of drug-likeness (QED) is 0.809. The van der Waals surface area contributed by atoms with Crippen LogP contribution in [0.15, 0.2) is 48.5 Å². The van der Waals surface area contributed by atoms with Crippen molar-refractivity contribution in [3.63, 3.8) is 0 Å². The monoisotopic (exact) mass is 291 g/mol. The van der Waals surface area contributed by atoms with Gasteiger partial charge in [0.15, 0.2) is 0 Å². The highest BCUT2D eigenvalue weighted by molar-refractivity contribution is 6.30. The van der Waals surface area contributed by atoms with Gasteiger partial charge in [-0.15, -0.1) is 0 Å². The first kappa shape index (κ1) is 15.0. The van der Waals surface area contributed by atoms with E-state index in [0.29, 0.717) is 0 Å². The van der Waals surface area contributed by atoms with E-state index in [0.717, 1.165) is 35.5 Å². The molecule has 0 saturated heterocycles. The van der Waals surface area contributed by atoms with E-state index < -0.39 is 0 Å². The van der Waals surface area contributed by atoms with Crippen LogP contribution in [0.1, 0.15) is 30.5 Å². The van der Waals surface area contributed by atoms with Crippen LogP contribution in [0.4, 0.5) is 4.39 Å². The Bertz CT molecular complexity index is 556. The lowest BCUT2D eigenvalue weighted by Crippen LogP contribution is -2.24. The van der Waals surface area contributed by atoms with Crippen molar-refractivity contribution in [3.05, 3.63) is 70.5 Å². The number of nitrogens with one attached hydrogen (secondary N) is 1. The maximum Gasteiger partial charge on any atom is 0.123 e. The molecular formula is C17H19ClFN. The normalized spacial score (nSPS) is 12.3. The van der Waals surface area contributed by atoms with Gasteiger partial charge in [-0.3, -0.25) is 0 Å². The molecular weight excluding hydrogens is 273 g/mol. The molecule has 0 spiro atoms. The lowest BCUT2D eigenvalue weighted by molar-refractivity contribution is 0.527. The Morgan fingerprint density at radius 2 is 1.95 bits per heavy atom. The summed E-state index contributed by atoms with van der Waals surface area (Å²) in [6, 6.07) is 14.7. The van der Waals surface area contributed by atoms with Crippen molar-refractivity contribution in [3.8, 4) is 0 Å². The zero-order valence-corrected chi connectivity index (χ0v) is 12.3. The van der Waals surface area contributed by atoms with Crippen LogP contribution in [-0.4, -0.2) is 6.54 Å². The predicted octanol–water partition coefficient (Wildman–Crippen LogP) is 4.76. The number of hydrogen-bond donors (Lipinski definition) is 1. The minimum Gasteiger partial charge on any atom is -0.310 e. The van der Waals surface area contributed by atoms with E-state index in [1.807, 2.05) is 24.3 Å². The summed E-state index contributed by atoms with van der Waals surface area (Å²) in [5, 5.41) is 4.23. The summed E-state index contributed by atoms with van der Waals surface area (Å²) in [7, 11) is 0. The van der Waals surface area contributed by atoms with Crippen LogP contribution in [0.25, 0.3) is 0 Å². The molecule has 20 heavy (non-hydrogen) atoms. The van der Waals surface area contributed by atoms with Crippen LogP contribution in [0.3, 0.4) is 0 Å². The summed E-state index contributed by atoms with van der Waals surface area (Å²) in [4.78, 5) is 0. The fraction of sp³-hybridized carbons (Fsp3) is 0.294. The van der Waals surface area contributed by atoms with E-state index in [1.54, 1.807) is 12.1 Å². The molecule has 0 radical (unpaired) electrons. The Labute approximate surface area is 124 Å². The summed E-state index contributed by atoms with van der Waals surface area (Å²) >= 11 is 6.06. The third-order valence-electron chi connectivity index (χ3n) is 3.22. The lowest BCUT2D eigenvalue weighted by Gasteiger charge is -2.19. The molecule has 2 rings (SSSR count). The SMILES string of the molecule is CCCNC(Cc1cccc(F)c1)c1cccc(Cl)c1. The second-order valence-corrected chi connectivity index (χ2v) is 5.33. The minimum atomic E-state index is -0.192. The Morgan fingerprint density at radius 1 is 1.15 bits per heavy atom. The lowest BCUT2D eigenvalue weighted by atomic mass is 9.98. The van der Waals surface area contributed by atoms with Crippen molar-refractivity contribution in [2.75, 3.05) is 6.54 Å². The van der Waals surface area contributed by atoms with Crippen molar-refractivity contribution in [2.45, 2.75) is 25.8 Å². The number of hydrogen-bond acceptors (Lipinski definition) is 1. The standard InChI is InChI=1S/C17H19ClFN/c1-2-9-20-17(14-6-4-7-15(18)12-14)11-13-5-3-8-16(19)10-13/h3-8,10,12,17,20H,2,9,11H2,1H3.